The number of carbonyl (C=O) groups excluding carboxylic acids is 2. The third kappa shape index (κ3) is 6.40. The highest BCUT2D eigenvalue weighted by atomic mass is 35.5. The van der Waals surface area contributed by atoms with Gasteiger partial charge in [-0.25, -0.2) is 0 Å². The Kier molecular flexibility index (Phi) is 7.86. The molecule has 1 unspecified atom stereocenters. The molecule has 0 saturated heterocycles. The van der Waals surface area contributed by atoms with E-state index >= 15 is 0 Å². The first-order valence-electron chi connectivity index (χ1n) is 9.28. The van der Waals surface area contributed by atoms with Crippen LogP contribution in [0.25, 0.3) is 0 Å². The van der Waals surface area contributed by atoms with Crippen LogP contribution in [-0.4, -0.2) is 29.3 Å². The van der Waals surface area contributed by atoms with Crippen LogP contribution >= 0.6 is 11.6 Å². The Labute approximate surface area is 166 Å². The molecule has 2 aromatic carbocycles. The molecule has 144 valence electrons. The summed E-state index contributed by atoms with van der Waals surface area (Å²) in [5.41, 5.74) is 2.96. The zero-order chi connectivity index (χ0) is 19.8. The molecular formula is C22H27ClN2O2. The highest BCUT2D eigenvalue weighted by Gasteiger charge is 2.26. The molecule has 1 N–H and O–H groups in total. The standard InChI is InChI=1S/C22H27ClN2O2/c1-4-11-24-22(27)17(3)25(15-19-9-5-7-16(2)12-19)21(26)14-18-8-6-10-20(23)13-18/h5-10,12-13,17H,4,11,14-15H2,1-3H3,(H,24,27). The summed E-state index contributed by atoms with van der Waals surface area (Å²) in [6, 6.07) is 14.7. The number of nitrogens with zero attached hydrogens (tertiary/aromatic N) is 1. The Morgan fingerprint density at radius 2 is 1.81 bits per heavy atom. The molecule has 0 heterocycles. The first-order chi connectivity index (χ1) is 12.9. The fourth-order valence-electron chi connectivity index (χ4n) is 2.91. The van der Waals surface area contributed by atoms with Crippen molar-refractivity contribution in [1.29, 1.82) is 0 Å². The van der Waals surface area contributed by atoms with Crippen LogP contribution in [0.2, 0.25) is 5.02 Å². The summed E-state index contributed by atoms with van der Waals surface area (Å²) in [6.45, 7) is 6.78. The SMILES string of the molecule is CCCNC(=O)C(C)N(Cc1cccc(C)c1)C(=O)Cc1cccc(Cl)c1. The van der Waals surface area contributed by atoms with E-state index in [-0.39, 0.29) is 18.2 Å². The zero-order valence-corrected chi connectivity index (χ0v) is 16.9. The summed E-state index contributed by atoms with van der Waals surface area (Å²) < 4.78 is 0. The molecule has 0 radical (unpaired) electrons. The molecule has 0 aromatic heterocycles. The predicted octanol–water partition coefficient (Wildman–Crippen LogP) is 4.13. The number of amides is 2. The van der Waals surface area contributed by atoms with Crippen molar-refractivity contribution in [1.82, 2.24) is 10.2 Å². The van der Waals surface area contributed by atoms with Crippen LogP contribution in [0.1, 0.15) is 37.0 Å². The van der Waals surface area contributed by atoms with Gasteiger partial charge in [-0.15, -0.1) is 0 Å². The van der Waals surface area contributed by atoms with Gasteiger partial charge in [0.15, 0.2) is 0 Å². The highest BCUT2D eigenvalue weighted by molar-refractivity contribution is 6.30. The van der Waals surface area contributed by atoms with Crippen LogP contribution in [0.3, 0.4) is 0 Å². The van der Waals surface area contributed by atoms with E-state index in [4.69, 9.17) is 11.6 Å². The van der Waals surface area contributed by atoms with E-state index in [1.54, 1.807) is 24.0 Å². The lowest BCUT2D eigenvalue weighted by Crippen LogP contribution is -2.48. The monoisotopic (exact) mass is 386 g/mol. The van der Waals surface area contributed by atoms with E-state index in [1.165, 1.54) is 0 Å². The summed E-state index contributed by atoms with van der Waals surface area (Å²) in [7, 11) is 0. The summed E-state index contributed by atoms with van der Waals surface area (Å²) in [4.78, 5) is 27.2. The van der Waals surface area contributed by atoms with Crippen LogP contribution < -0.4 is 5.32 Å². The molecule has 1 atom stereocenters. The van der Waals surface area contributed by atoms with Crippen molar-refractivity contribution in [2.24, 2.45) is 0 Å². The molecule has 0 spiro atoms. The van der Waals surface area contributed by atoms with Gasteiger partial charge in [0, 0.05) is 18.1 Å². The minimum absolute atomic E-state index is 0.0991. The molecule has 0 aliphatic carbocycles. The summed E-state index contributed by atoms with van der Waals surface area (Å²) >= 11 is 6.04. The molecule has 2 aromatic rings. The molecule has 27 heavy (non-hydrogen) atoms. The third-order valence-electron chi connectivity index (χ3n) is 4.40. The number of rotatable bonds is 8. The summed E-state index contributed by atoms with van der Waals surface area (Å²) in [6.07, 6.45) is 1.06. The van der Waals surface area contributed by atoms with Gasteiger partial charge >= 0.3 is 0 Å². The largest absolute Gasteiger partial charge is 0.354 e. The normalized spacial score (nSPS) is 11.7. The molecule has 0 fully saturated rings. The minimum atomic E-state index is -0.552. The molecule has 2 amide bonds. The minimum Gasteiger partial charge on any atom is -0.354 e. The van der Waals surface area contributed by atoms with Gasteiger partial charge in [0.25, 0.3) is 0 Å². The number of aryl methyl sites for hydroxylation is 1. The molecule has 2 rings (SSSR count). The molecule has 0 saturated carbocycles. The second kappa shape index (κ2) is 10.1. The average molecular weight is 387 g/mol. The van der Waals surface area contributed by atoms with E-state index in [0.717, 1.165) is 23.1 Å². The van der Waals surface area contributed by atoms with Crippen molar-refractivity contribution >= 4 is 23.4 Å². The van der Waals surface area contributed by atoms with Gasteiger partial charge < -0.3 is 10.2 Å². The lowest BCUT2D eigenvalue weighted by atomic mass is 10.1. The molecule has 0 aliphatic rings. The Morgan fingerprint density at radius 1 is 1.11 bits per heavy atom. The number of benzene rings is 2. The number of hydrogen-bond acceptors (Lipinski definition) is 2. The van der Waals surface area contributed by atoms with Gasteiger partial charge in [0.1, 0.15) is 6.04 Å². The van der Waals surface area contributed by atoms with E-state index in [1.807, 2.05) is 50.2 Å². The predicted molar refractivity (Wildman–Crippen MR) is 110 cm³/mol. The van der Waals surface area contributed by atoms with Crippen molar-refractivity contribution in [2.75, 3.05) is 6.54 Å². The summed E-state index contributed by atoms with van der Waals surface area (Å²) in [5.74, 6) is -0.234. The van der Waals surface area contributed by atoms with Gasteiger partial charge in [0.2, 0.25) is 11.8 Å². The summed E-state index contributed by atoms with van der Waals surface area (Å²) in [5, 5.41) is 3.48. The Balaban J connectivity index is 2.21. The van der Waals surface area contributed by atoms with Crippen molar-refractivity contribution in [3.63, 3.8) is 0 Å². The second-order valence-electron chi connectivity index (χ2n) is 6.78. The number of hydrogen-bond donors (Lipinski definition) is 1. The van der Waals surface area contributed by atoms with Crippen molar-refractivity contribution in [2.45, 2.75) is 46.2 Å². The van der Waals surface area contributed by atoms with Crippen LogP contribution in [-0.2, 0) is 22.6 Å². The van der Waals surface area contributed by atoms with Gasteiger partial charge in [-0.1, -0.05) is 60.5 Å². The number of carbonyl (C=O) groups is 2. The maximum Gasteiger partial charge on any atom is 0.242 e. The maximum atomic E-state index is 13.0. The Hall–Kier alpha value is -2.33. The smallest absolute Gasteiger partial charge is 0.242 e. The second-order valence-corrected chi connectivity index (χ2v) is 7.22. The van der Waals surface area contributed by atoms with Crippen LogP contribution in [0, 0.1) is 6.92 Å². The van der Waals surface area contributed by atoms with E-state index in [2.05, 4.69) is 5.32 Å². The molecular weight excluding hydrogens is 360 g/mol. The van der Waals surface area contributed by atoms with E-state index in [9.17, 15) is 9.59 Å². The number of halogens is 1. The topological polar surface area (TPSA) is 49.4 Å². The lowest BCUT2D eigenvalue weighted by molar-refractivity contribution is -0.140. The first-order valence-corrected chi connectivity index (χ1v) is 9.65. The van der Waals surface area contributed by atoms with E-state index < -0.39 is 6.04 Å². The van der Waals surface area contributed by atoms with Gasteiger partial charge in [-0.2, -0.15) is 0 Å². The lowest BCUT2D eigenvalue weighted by Gasteiger charge is -2.29. The molecule has 0 aliphatic heterocycles. The average Bonchev–Trinajstić information content (AvgIpc) is 2.63. The third-order valence-corrected chi connectivity index (χ3v) is 4.63. The van der Waals surface area contributed by atoms with Gasteiger partial charge in [-0.3, -0.25) is 9.59 Å². The van der Waals surface area contributed by atoms with Crippen molar-refractivity contribution in [3.8, 4) is 0 Å². The van der Waals surface area contributed by atoms with Crippen LogP contribution in [0.4, 0.5) is 0 Å². The maximum absolute atomic E-state index is 13.0. The fraction of sp³-hybridized carbons (Fsp3) is 0.364. The van der Waals surface area contributed by atoms with Crippen LogP contribution in [0.15, 0.2) is 48.5 Å². The fourth-order valence-corrected chi connectivity index (χ4v) is 3.12. The Morgan fingerprint density at radius 3 is 2.48 bits per heavy atom. The molecule has 4 nitrogen and oxygen atoms in total. The van der Waals surface area contributed by atoms with Gasteiger partial charge in [-0.05, 0) is 43.5 Å². The Bertz CT molecular complexity index is 791. The zero-order valence-electron chi connectivity index (χ0n) is 16.2. The first kappa shape index (κ1) is 21.0. The number of nitrogens with one attached hydrogen (secondary N) is 1. The highest BCUT2D eigenvalue weighted by Crippen LogP contribution is 2.16. The van der Waals surface area contributed by atoms with Gasteiger partial charge in [0.05, 0.1) is 6.42 Å². The molecule has 5 heteroatoms. The van der Waals surface area contributed by atoms with Crippen LogP contribution in [0.5, 0.6) is 0 Å². The molecule has 0 bridgehead atoms. The van der Waals surface area contributed by atoms with Crippen molar-refractivity contribution in [3.05, 3.63) is 70.2 Å². The van der Waals surface area contributed by atoms with E-state index in [0.29, 0.717) is 18.1 Å². The quantitative estimate of drug-likeness (QED) is 0.741. The van der Waals surface area contributed by atoms with Crippen molar-refractivity contribution < 1.29 is 9.59 Å².